The molecule has 3 rings (SSSR count). The summed E-state index contributed by atoms with van der Waals surface area (Å²) in [5, 5.41) is 5.52. The quantitative estimate of drug-likeness (QED) is 0.748. The molecule has 0 aromatic heterocycles. The fourth-order valence-corrected chi connectivity index (χ4v) is 3.15. The van der Waals surface area contributed by atoms with Gasteiger partial charge in [-0.2, -0.15) is 0 Å². The number of nitrogens with zero attached hydrogens (tertiary/aromatic N) is 1. The molecule has 3 amide bonds. The number of hydrogen-bond acceptors (Lipinski definition) is 5. The molecule has 29 heavy (non-hydrogen) atoms. The van der Waals surface area contributed by atoms with Gasteiger partial charge in [0.1, 0.15) is 0 Å². The minimum atomic E-state index is -0.374. The Morgan fingerprint density at radius 1 is 1.07 bits per heavy atom. The number of amides is 3. The molecule has 1 aliphatic rings. The topological polar surface area (TPSA) is 97.0 Å². The Kier molecular flexibility index (Phi) is 6.33. The molecule has 0 spiro atoms. The van der Waals surface area contributed by atoms with Gasteiger partial charge in [-0.05, 0) is 30.7 Å². The van der Waals surface area contributed by atoms with Gasteiger partial charge in [-0.15, -0.1) is 0 Å². The van der Waals surface area contributed by atoms with E-state index in [9.17, 15) is 14.4 Å². The molecule has 0 radical (unpaired) electrons. The third-order valence-corrected chi connectivity index (χ3v) is 4.55. The van der Waals surface area contributed by atoms with Gasteiger partial charge in [0.05, 0.1) is 26.5 Å². The smallest absolute Gasteiger partial charge is 0.255 e. The van der Waals surface area contributed by atoms with Crippen LogP contribution in [-0.2, 0) is 9.59 Å². The highest BCUT2D eigenvalue weighted by Gasteiger charge is 2.24. The summed E-state index contributed by atoms with van der Waals surface area (Å²) >= 11 is 0. The molecule has 152 valence electrons. The lowest BCUT2D eigenvalue weighted by Crippen LogP contribution is -2.34. The van der Waals surface area contributed by atoms with Crippen molar-refractivity contribution in [1.82, 2.24) is 4.90 Å². The summed E-state index contributed by atoms with van der Waals surface area (Å²) in [5.74, 6) is -0.171. The number of carbonyl (C=O) groups is 3. The van der Waals surface area contributed by atoms with Crippen LogP contribution < -0.4 is 20.1 Å². The molecule has 8 nitrogen and oxygen atoms in total. The second-order valence-corrected chi connectivity index (χ2v) is 6.55. The van der Waals surface area contributed by atoms with E-state index in [1.54, 1.807) is 12.1 Å². The van der Waals surface area contributed by atoms with E-state index < -0.39 is 0 Å². The molecule has 2 N–H and O–H groups in total. The van der Waals surface area contributed by atoms with Crippen LogP contribution in [0.4, 0.5) is 11.4 Å². The first-order valence-electron chi connectivity index (χ1n) is 9.22. The van der Waals surface area contributed by atoms with E-state index in [4.69, 9.17) is 9.47 Å². The van der Waals surface area contributed by atoms with Crippen molar-refractivity contribution in [3.63, 3.8) is 0 Å². The zero-order valence-electron chi connectivity index (χ0n) is 16.4. The summed E-state index contributed by atoms with van der Waals surface area (Å²) in [6.45, 7) is 0.511. The second-order valence-electron chi connectivity index (χ2n) is 6.55. The standard InChI is InChI=1S/C21H23N3O5/c1-28-17-12-14(21(27)22-15-7-4-3-5-8-15)11-16(20(17)29-2)23-18(25)13-24-10-6-9-19(24)26/h3-5,7-8,11-12H,6,9-10,13H2,1-2H3,(H,22,27)(H,23,25). The van der Waals surface area contributed by atoms with Crippen molar-refractivity contribution >= 4 is 29.1 Å². The second kappa shape index (κ2) is 9.09. The van der Waals surface area contributed by atoms with E-state index in [2.05, 4.69) is 10.6 Å². The zero-order valence-corrected chi connectivity index (χ0v) is 16.4. The third kappa shape index (κ3) is 4.84. The van der Waals surface area contributed by atoms with Crippen molar-refractivity contribution in [3.05, 3.63) is 48.0 Å². The molecule has 0 saturated carbocycles. The summed E-state index contributed by atoms with van der Waals surface area (Å²) in [4.78, 5) is 38.4. The molecule has 2 aromatic rings. The van der Waals surface area contributed by atoms with Gasteiger partial charge in [0.2, 0.25) is 11.8 Å². The van der Waals surface area contributed by atoms with Crippen LogP contribution in [0.15, 0.2) is 42.5 Å². The Bertz CT molecular complexity index is 914. The summed E-state index contributed by atoms with van der Waals surface area (Å²) in [6.07, 6.45) is 1.21. The van der Waals surface area contributed by atoms with Gasteiger partial charge in [-0.3, -0.25) is 14.4 Å². The maximum atomic E-state index is 12.7. The Morgan fingerprint density at radius 3 is 2.45 bits per heavy atom. The average Bonchev–Trinajstić information content (AvgIpc) is 3.12. The number of nitrogens with one attached hydrogen (secondary N) is 2. The molecular formula is C21H23N3O5. The van der Waals surface area contributed by atoms with Crippen LogP contribution in [-0.4, -0.2) is 49.9 Å². The Labute approximate surface area is 168 Å². The number of carbonyl (C=O) groups excluding carboxylic acids is 3. The highest BCUT2D eigenvalue weighted by atomic mass is 16.5. The van der Waals surface area contributed by atoms with Crippen LogP contribution in [0.3, 0.4) is 0 Å². The van der Waals surface area contributed by atoms with Gasteiger partial charge in [0.25, 0.3) is 5.91 Å². The number of para-hydroxylation sites is 1. The number of rotatable bonds is 7. The Morgan fingerprint density at radius 2 is 1.83 bits per heavy atom. The normalized spacial score (nSPS) is 13.2. The van der Waals surface area contributed by atoms with Crippen LogP contribution in [0.1, 0.15) is 23.2 Å². The summed E-state index contributed by atoms with van der Waals surface area (Å²) < 4.78 is 10.7. The van der Waals surface area contributed by atoms with Crippen molar-refractivity contribution in [2.24, 2.45) is 0 Å². The first kappa shape index (κ1) is 20.2. The zero-order chi connectivity index (χ0) is 20.8. The molecule has 8 heteroatoms. The Hall–Kier alpha value is -3.55. The predicted octanol–water partition coefficient (Wildman–Crippen LogP) is 2.52. The number of hydrogen-bond donors (Lipinski definition) is 2. The predicted molar refractivity (Wildman–Crippen MR) is 108 cm³/mol. The summed E-state index contributed by atoms with van der Waals surface area (Å²) in [6, 6.07) is 12.1. The molecule has 1 saturated heterocycles. The number of ether oxygens (including phenoxy) is 2. The van der Waals surface area contributed by atoms with E-state index in [0.717, 1.165) is 6.42 Å². The van der Waals surface area contributed by atoms with Gasteiger partial charge < -0.3 is 25.0 Å². The lowest BCUT2D eigenvalue weighted by atomic mass is 10.1. The summed E-state index contributed by atoms with van der Waals surface area (Å²) in [7, 11) is 2.90. The van der Waals surface area contributed by atoms with E-state index in [-0.39, 0.29) is 24.3 Å². The lowest BCUT2D eigenvalue weighted by Gasteiger charge is -2.18. The van der Waals surface area contributed by atoms with Crippen molar-refractivity contribution < 1.29 is 23.9 Å². The van der Waals surface area contributed by atoms with E-state index in [1.807, 2.05) is 18.2 Å². The minimum Gasteiger partial charge on any atom is -0.493 e. The van der Waals surface area contributed by atoms with Crippen LogP contribution >= 0.6 is 0 Å². The molecule has 0 unspecified atom stereocenters. The van der Waals surface area contributed by atoms with Gasteiger partial charge in [-0.25, -0.2) is 0 Å². The van der Waals surface area contributed by atoms with Crippen LogP contribution in [0.5, 0.6) is 11.5 Å². The first-order valence-corrected chi connectivity index (χ1v) is 9.22. The van der Waals surface area contributed by atoms with Crippen molar-refractivity contribution in [1.29, 1.82) is 0 Å². The van der Waals surface area contributed by atoms with Crippen molar-refractivity contribution in [3.8, 4) is 11.5 Å². The largest absolute Gasteiger partial charge is 0.493 e. The van der Waals surface area contributed by atoms with Gasteiger partial charge in [0, 0.05) is 24.2 Å². The van der Waals surface area contributed by atoms with Crippen molar-refractivity contribution in [2.45, 2.75) is 12.8 Å². The van der Waals surface area contributed by atoms with Crippen LogP contribution in [0.2, 0.25) is 0 Å². The molecular weight excluding hydrogens is 374 g/mol. The molecule has 0 aliphatic carbocycles. The monoisotopic (exact) mass is 397 g/mol. The molecule has 0 bridgehead atoms. The fraction of sp³-hybridized carbons (Fsp3) is 0.286. The van der Waals surface area contributed by atoms with Gasteiger partial charge in [0.15, 0.2) is 11.5 Å². The fourth-order valence-electron chi connectivity index (χ4n) is 3.15. The van der Waals surface area contributed by atoms with E-state index in [0.29, 0.717) is 41.4 Å². The molecule has 1 fully saturated rings. The SMILES string of the molecule is COc1cc(C(=O)Nc2ccccc2)cc(NC(=O)CN2CCCC2=O)c1OC. The number of benzene rings is 2. The molecule has 2 aromatic carbocycles. The highest BCUT2D eigenvalue weighted by molar-refractivity contribution is 6.06. The maximum Gasteiger partial charge on any atom is 0.255 e. The molecule has 1 aliphatic heterocycles. The van der Waals surface area contributed by atoms with Gasteiger partial charge in [-0.1, -0.05) is 18.2 Å². The Balaban J connectivity index is 1.82. The number of anilines is 2. The molecule has 1 heterocycles. The number of methoxy groups -OCH3 is 2. The summed E-state index contributed by atoms with van der Waals surface area (Å²) in [5.41, 5.74) is 1.23. The minimum absolute atomic E-state index is 0.0410. The van der Waals surface area contributed by atoms with E-state index in [1.165, 1.54) is 31.3 Å². The average molecular weight is 397 g/mol. The third-order valence-electron chi connectivity index (χ3n) is 4.55. The lowest BCUT2D eigenvalue weighted by molar-refractivity contribution is -0.131. The van der Waals surface area contributed by atoms with Crippen LogP contribution in [0, 0.1) is 0 Å². The van der Waals surface area contributed by atoms with E-state index >= 15 is 0 Å². The maximum absolute atomic E-state index is 12.7. The van der Waals surface area contributed by atoms with Crippen molar-refractivity contribution in [2.75, 3.05) is 37.9 Å². The van der Waals surface area contributed by atoms with Crippen LogP contribution in [0.25, 0.3) is 0 Å². The highest BCUT2D eigenvalue weighted by Crippen LogP contribution is 2.37. The number of likely N-dealkylation sites (tertiary alicyclic amines) is 1. The van der Waals surface area contributed by atoms with Gasteiger partial charge >= 0.3 is 0 Å². The molecule has 0 atom stereocenters. The first-order chi connectivity index (χ1) is 14.0.